The maximum Gasteiger partial charge on any atom is 0.314 e. The van der Waals surface area contributed by atoms with Gasteiger partial charge in [-0.1, -0.05) is 31.9 Å². The Hall–Kier alpha value is -1.95. The lowest BCUT2D eigenvalue weighted by atomic mass is 9.88. The molecule has 0 bridgehead atoms. The smallest absolute Gasteiger partial charge is 0.314 e. The van der Waals surface area contributed by atoms with Crippen LogP contribution in [0.1, 0.15) is 39.2 Å². The summed E-state index contributed by atoms with van der Waals surface area (Å²) in [5.41, 5.74) is 0.943. The molecule has 1 atom stereocenters. The molecular weight excluding hydrogens is 252 g/mol. The lowest BCUT2D eigenvalue weighted by Gasteiger charge is -2.19. The zero-order chi connectivity index (χ0) is 15.0. The van der Waals surface area contributed by atoms with Crippen LogP contribution in [0.15, 0.2) is 24.3 Å². The maximum atomic E-state index is 12.1. The van der Waals surface area contributed by atoms with Crippen molar-refractivity contribution in [2.75, 3.05) is 13.2 Å². The Morgan fingerprint density at radius 2 is 1.90 bits per heavy atom. The van der Waals surface area contributed by atoms with Crippen molar-refractivity contribution in [1.82, 2.24) is 0 Å². The van der Waals surface area contributed by atoms with Crippen LogP contribution in [0, 0.1) is 17.8 Å². The molecule has 0 N–H and O–H groups in total. The highest BCUT2D eigenvalue weighted by Gasteiger charge is 2.25. The van der Waals surface area contributed by atoms with Gasteiger partial charge in [0.1, 0.15) is 5.75 Å². The molecule has 0 spiro atoms. The second kappa shape index (κ2) is 8.27. The Balaban J connectivity index is 2.83. The van der Waals surface area contributed by atoms with E-state index in [1.54, 1.807) is 6.92 Å². The van der Waals surface area contributed by atoms with Crippen molar-refractivity contribution >= 4 is 5.97 Å². The molecule has 1 aromatic rings. The number of benzene rings is 1. The monoisotopic (exact) mass is 274 g/mol. The van der Waals surface area contributed by atoms with E-state index in [-0.39, 0.29) is 24.4 Å². The normalized spacial score (nSPS) is 11.4. The summed E-state index contributed by atoms with van der Waals surface area (Å²) >= 11 is 0. The van der Waals surface area contributed by atoms with E-state index in [2.05, 4.69) is 11.8 Å². The van der Waals surface area contributed by atoms with Crippen LogP contribution in [0.5, 0.6) is 5.75 Å². The van der Waals surface area contributed by atoms with Gasteiger partial charge in [-0.2, -0.15) is 0 Å². The number of rotatable bonds is 6. The summed E-state index contributed by atoms with van der Waals surface area (Å²) in [6.45, 7) is 8.46. The average Bonchev–Trinajstić information content (AvgIpc) is 2.41. The largest absolute Gasteiger partial charge is 0.494 e. The van der Waals surface area contributed by atoms with Gasteiger partial charge in [-0.05, 0) is 37.5 Å². The van der Waals surface area contributed by atoms with Gasteiger partial charge in [-0.15, -0.1) is 5.92 Å². The summed E-state index contributed by atoms with van der Waals surface area (Å²) in [6.07, 6.45) is 0. The van der Waals surface area contributed by atoms with Gasteiger partial charge in [0.15, 0.2) is 6.61 Å². The van der Waals surface area contributed by atoms with E-state index in [1.807, 2.05) is 45.0 Å². The molecule has 0 saturated carbocycles. The fourth-order valence-electron chi connectivity index (χ4n) is 2.00. The van der Waals surface area contributed by atoms with Gasteiger partial charge in [0.2, 0.25) is 0 Å². The molecule has 0 aliphatic rings. The van der Waals surface area contributed by atoms with Crippen LogP contribution in [-0.4, -0.2) is 19.2 Å². The highest BCUT2D eigenvalue weighted by molar-refractivity contribution is 5.78. The second-order valence-electron chi connectivity index (χ2n) is 4.76. The minimum Gasteiger partial charge on any atom is -0.494 e. The summed E-state index contributed by atoms with van der Waals surface area (Å²) in [4.78, 5) is 12.1. The lowest BCUT2D eigenvalue weighted by Crippen LogP contribution is -2.21. The third kappa shape index (κ3) is 4.62. The number of ether oxygens (including phenoxy) is 2. The molecule has 3 heteroatoms. The predicted octanol–water partition coefficient (Wildman–Crippen LogP) is 3.39. The van der Waals surface area contributed by atoms with Crippen molar-refractivity contribution in [2.45, 2.75) is 33.6 Å². The van der Waals surface area contributed by atoms with E-state index in [9.17, 15) is 4.79 Å². The molecular formula is C17H22O3. The summed E-state index contributed by atoms with van der Waals surface area (Å²) in [5, 5.41) is 0. The predicted molar refractivity (Wildman–Crippen MR) is 79.6 cm³/mol. The van der Waals surface area contributed by atoms with E-state index < -0.39 is 0 Å². The molecule has 0 amide bonds. The highest BCUT2D eigenvalue weighted by Crippen LogP contribution is 2.27. The zero-order valence-corrected chi connectivity index (χ0v) is 12.6. The lowest BCUT2D eigenvalue weighted by molar-refractivity contribution is -0.145. The number of hydrogen-bond donors (Lipinski definition) is 0. The van der Waals surface area contributed by atoms with Gasteiger partial charge in [-0.3, -0.25) is 4.79 Å². The van der Waals surface area contributed by atoms with Gasteiger partial charge in [0, 0.05) is 0 Å². The third-order valence-corrected chi connectivity index (χ3v) is 2.93. The number of esters is 1. The molecule has 108 valence electrons. The molecule has 1 rings (SSSR count). The molecule has 0 aliphatic carbocycles. The quantitative estimate of drug-likeness (QED) is 0.589. The Morgan fingerprint density at radius 1 is 1.25 bits per heavy atom. The van der Waals surface area contributed by atoms with Crippen molar-refractivity contribution in [3.05, 3.63) is 29.8 Å². The first-order valence-electron chi connectivity index (χ1n) is 6.89. The first kappa shape index (κ1) is 16.1. The summed E-state index contributed by atoms with van der Waals surface area (Å²) in [6, 6.07) is 7.60. The van der Waals surface area contributed by atoms with Crippen molar-refractivity contribution < 1.29 is 14.3 Å². The van der Waals surface area contributed by atoms with Crippen LogP contribution in [0.4, 0.5) is 0 Å². The molecule has 1 aromatic carbocycles. The molecule has 0 aliphatic heterocycles. The molecule has 0 saturated heterocycles. The maximum absolute atomic E-state index is 12.1. The average molecular weight is 274 g/mol. The van der Waals surface area contributed by atoms with Crippen molar-refractivity contribution in [2.24, 2.45) is 5.92 Å². The topological polar surface area (TPSA) is 35.5 Å². The fourth-order valence-corrected chi connectivity index (χ4v) is 2.00. The van der Waals surface area contributed by atoms with Gasteiger partial charge in [0.25, 0.3) is 0 Å². The first-order valence-corrected chi connectivity index (χ1v) is 6.89. The van der Waals surface area contributed by atoms with Gasteiger partial charge >= 0.3 is 5.97 Å². The Labute approximate surface area is 121 Å². The van der Waals surface area contributed by atoms with Crippen LogP contribution in [0.2, 0.25) is 0 Å². The van der Waals surface area contributed by atoms with Crippen molar-refractivity contribution in [3.63, 3.8) is 0 Å². The first-order chi connectivity index (χ1) is 9.60. The Morgan fingerprint density at radius 3 is 2.40 bits per heavy atom. The van der Waals surface area contributed by atoms with Crippen LogP contribution in [-0.2, 0) is 9.53 Å². The molecule has 0 fully saturated rings. The summed E-state index contributed by atoms with van der Waals surface area (Å²) in [5.74, 6) is 5.91. The Kier molecular flexibility index (Phi) is 6.66. The van der Waals surface area contributed by atoms with E-state index in [4.69, 9.17) is 9.47 Å². The van der Waals surface area contributed by atoms with Gasteiger partial charge in [0.05, 0.1) is 12.5 Å². The molecule has 0 aromatic heterocycles. The molecule has 3 nitrogen and oxygen atoms in total. The molecule has 0 radical (unpaired) electrons. The SMILES string of the molecule is CC#CCOC(=O)C(c1ccc(OCC)cc1)C(C)C. The van der Waals surface area contributed by atoms with E-state index in [0.717, 1.165) is 11.3 Å². The van der Waals surface area contributed by atoms with E-state index in [1.165, 1.54) is 0 Å². The fraction of sp³-hybridized carbons (Fsp3) is 0.471. The highest BCUT2D eigenvalue weighted by atomic mass is 16.5. The minimum atomic E-state index is -0.274. The van der Waals surface area contributed by atoms with Crippen molar-refractivity contribution in [1.29, 1.82) is 0 Å². The number of carbonyl (C=O) groups excluding carboxylic acids is 1. The van der Waals surface area contributed by atoms with E-state index >= 15 is 0 Å². The minimum absolute atomic E-state index is 0.148. The van der Waals surface area contributed by atoms with Crippen LogP contribution >= 0.6 is 0 Å². The number of carbonyl (C=O) groups is 1. The van der Waals surface area contributed by atoms with Gasteiger partial charge in [-0.25, -0.2) is 0 Å². The summed E-state index contributed by atoms with van der Waals surface area (Å²) < 4.78 is 10.6. The van der Waals surface area contributed by atoms with E-state index in [0.29, 0.717) is 6.61 Å². The van der Waals surface area contributed by atoms with Crippen LogP contribution < -0.4 is 4.74 Å². The Bertz CT molecular complexity index is 477. The van der Waals surface area contributed by atoms with Crippen molar-refractivity contribution in [3.8, 4) is 17.6 Å². The summed E-state index contributed by atoms with van der Waals surface area (Å²) in [7, 11) is 0. The third-order valence-electron chi connectivity index (χ3n) is 2.93. The number of hydrogen-bond acceptors (Lipinski definition) is 3. The van der Waals surface area contributed by atoms with Gasteiger partial charge < -0.3 is 9.47 Å². The molecule has 1 unspecified atom stereocenters. The van der Waals surface area contributed by atoms with Crippen LogP contribution in [0.25, 0.3) is 0 Å². The second-order valence-corrected chi connectivity index (χ2v) is 4.76. The zero-order valence-electron chi connectivity index (χ0n) is 12.6. The standard InChI is InChI=1S/C17H22O3/c1-5-7-12-20-17(18)16(13(3)4)14-8-10-15(11-9-14)19-6-2/h8-11,13,16H,6,12H2,1-4H3. The molecule has 0 heterocycles. The molecule has 20 heavy (non-hydrogen) atoms. The van der Waals surface area contributed by atoms with Crippen LogP contribution in [0.3, 0.4) is 0 Å².